The molecule has 0 heterocycles. The molecule has 0 radical (unpaired) electrons. The SMILES string of the molecule is Cc1ccc(CC(=O)OC(C)(C)C)c(OCc2ccccc2)c1. The Morgan fingerprint density at radius 3 is 2.39 bits per heavy atom. The van der Waals surface area contributed by atoms with Gasteiger partial charge in [0.1, 0.15) is 18.0 Å². The Labute approximate surface area is 138 Å². The number of ether oxygens (including phenoxy) is 2. The fourth-order valence-corrected chi connectivity index (χ4v) is 2.21. The van der Waals surface area contributed by atoms with Crippen LogP contribution >= 0.6 is 0 Å². The van der Waals surface area contributed by atoms with Gasteiger partial charge in [-0.15, -0.1) is 0 Å². The Kier molecular flexibility index (Phi) is 5.43. The maximum Gasteiger partial charge on any atom is 0.310 e. The number of rotatable bonds is 5. The first-order valence-electron chi connectivity index (χ1n) is 7.81. The van der Waals surface area contributed by atoms with E-state index in [-0.39, 0.29) is 12.4 Å². The van der Waals surface area contributed by atoms with Crippen molar-refractivity contribution in [2.75, 3.05) is 0 Å². The lowest BCUT2D eigenvalue weighted by Crippen LogP contribution is -2.25. The van der Waals surface area contributed by atoms with Crippen LogP contribution in [0.5, 0.6) is 5.75 Å². The van der Waals surface area contributed by atoms with Gasteiger partial charge in [-0.05, 0) is 44.9 Å². The third kappa shape index (κ3) is 5.78. The van der Waals surface area contributed by atoms with Crippen LogP contribution < -0.4 is 4.74 Å². The molecule has 0 atom stereocenters. The van der Waals surface area contributed by atoms with Crippen molar-refractivity contribution in [1.29, 1.82) is 0 Å². The molecule has 0 amide bonds. The minimum absolute atomic E-state index is 0.210. The van der Waals surface area contributed by atoms with Crippen LogP contribution in [0.3, 0.4) is 0 Å². The summed E-state index contributed by atoms with van der Waals surface area (Å²) in [7, 11) is 0. The Balaban J connectivity index is 2.09. The van der Waals surface area contributed by atoms with Crippen LogP contribution in [0.25, 0.3) is 0 Å². The van der Waals surface area contributed by atoms with Gasteiger partial charge in [-0.3, -0.25) is 4.79 Å². The fourth-order valence-electron chi connectivity index (χ4n) is 2.21. The summed E-state index contributed by atoms with van der Waals surface area (Å²) in [6.07, 6.45) is 0.210. The maximum absolute atomic E-state index is 12.1. The number of esters is 1. The molecule has 2 rings (SSSR count). The zero-order valence-corrected chi connectivity index (χ0v) is 14.3. The third-order valence-corrected chi connectivity index (χ3v) is 3.21. The molecule has 3 nitrogen and oxygen atoms in total. The van der Waals surface area contributed by atoms with Gasteiger partial charge in [0.2, 0.25) is 0 Å². The number of hydrogen-bond acceptors (Lipinski definition) is 3. The normalized spacial score (nSPS) is 11.1. The molecular formula is C20H24O3. The second kappa shape index (κ2) is 7.32. The lowest BCUT2D eigenvalue weighted by atomic mass is 10.1. The molecule has 0 bridgehead atoms. The first-order chi connectivity index (χ1) is 10.8. The molecule has 0 aliphatic heterocycles. The van der Waals surface area contributed by atoms with E-state index in [4.69, 9.17) is 9.47 Å². The van der Waals surface area contributed by atoms with Crippen molar-refractivity contribution in [3.8, 4) is 5.75 Å². The zero-order valence-electron chi connectivity index (χ0n) is 14.3. The summed E-state index contributed by atoms with van der Waals surface area (Å²) in [5, 5.41) is 0. The van der Waals surface area contributed by atoms with Gasteiger partial charge in [-0.1, -0.05) is 42.5 Å². The molecule has 0 unspecified atom stereocenters. The van der Waals surface area contributed by atoms with Crippen LogP contribution in [0, 0.1) is 6.92 Å². The quantitative estimate of drug-likeness (QED) is 0.765. The standard InChI is InChI=1S/C20H24O3/c1-15-10-11-17(13-19(21)23-20(2,3)4)18(12-15)22-14-16-8-6-5-7-9-16/h5-12H,13-14H2,1-4H3. The molecule has 0 N–H and O–H groups in total. The number of hydrogen-bond donors (Lipinski definition) is 0. The lowest BCUT2D eigenvalue weighted by molar-refractivity contribution is -0.153. The number of carbonyl (C=O) groups is 1. The van der Waals surface area contributed by atoms with Crippen LogP contribution in [0.2, 0.25) is 0 Å². The predicted octanol–water partition coefficient (Wildman–Crippen LogP) is 4.46. The molecule has 0 fully saturated rings. The number of carbonyl (C=O) groups excluding carboxylic acids is 1. The molecule has 0 aliphatic carbocycles. The smallest absolute Gasteiger partial charge is 0.310 e. The maximum atomic E-state index is 12.1. The Hall–Kier alpha value is -2.29. The van der Waals surface area contributed by atoms with E-state index < -0.39 is 5.60 Å². The van der Waals surface area contributed by atoms with E-state index in [1.54, 1.807) is 0 Å². The second-order valence-corrected chi connectivity index (χ2v) is 6.65. The number of benzene rings is 2. The lowest BCUT2D eigenvalue weighted by Gasteiger charge is -2.20. The van der Waals surface area contributed by atoms with Crippen molar-refractivity contribution >= 4 is 5.97 Å². The van der Waals surface area contributed by atoms with Gasteiger partial charge >= 0.3 is 5.97 Å². The van der Waals surface area contributed by atoms with Gasteiger partial charge < -0.3 is 9.47 Å². The van der Waals surface area contributed by atoms with Crippen LogP contribution in [-0.4, -0.2) is 11.6 Å². The van der Waals surface area contributed by atoms with Crippen LogP contribution in [0.15, 0.2) is 48.5 Å². The Morgan fingerprint density at radius 2 is 1.74 bits per heavy atom. The first-order valence-corrected chi connectivity index (χ1v) is 7.81. The van der Waals surface area contributed by atoms with Crippen molar-refractivity contribution in [1.82, 2.24) is 0 Å². The molecule has 23 heavy (non-hydrogen) atoms. The third-order valence-electron chi connectivity index (χ3n) is 3.21. The monoisotopic (exact) mass is 312 g/mol. The highest BCUT2D eigenvalue weighted by Gasteiger charge is 2.18. The molecular weight excluding hydrogens is 288 g/mol. The highest BCUT2D eigenvalue weighted by Crippen LogP contribution is 2.23. The van der Waals surface area contributed by atoms with E-state index in [9.17, 15) is 4.79 Å². The van der Waals surface area contributed by atoms with Crippen LogP contribution in [0.1, 0.15) is 37.5 Å². The molecule has 0 saturated heterocycles. The van der Waals surface area contributed by atoms with Crippen molar-refractivity contribution < 1.29 is 14.3 Å². The summed E-state index contributed by atoms with van der Waals surface area (Å²) < 4.78 is 11.3. The molecule has 3 heteroatoms. The summed E-state index contributed by atoms with van der Waals surface area (Å²) in [4.78, 5) is 12.1. The molecule has 0 saturated carbocycles. The Bertz CT molecular complexity index is 654. The van der Waals surface area contributed by atoms with Crippen LogP contribution in [0.4, 0.5) is 0 Å². The summed E-state index contributed by atoms with van der Waals surface area (Å²) in [5.74, 6) is 0.491. The van der Waals surface area contributed by atoms with E-state index in [1.165, 1.54) is 0 Å². The average molecular weight is 312 g/mol. The van der Waals surface area contributed by atoms with E-state index in [0.29, 0.717) is 6.61 Å². The first kappa shape index (κ1) is 17.1. The van der Waals surface area contributed by atoms with Gasteiger partial charge in [0.25, 0.3) is 0 Å². The van der Waals surface area contributed by atoms with Crippen molar-refractivity contribution in [2.24, 2.45) is 0 Å². The number of aryl methyl sites for hydroxylation is 1. The molecule has 2 aromatic carbocycles. The summed E-state index contributed by atoms with van der Waals surface area (Å²) in [6, 6.07) is 15.8. The van der Waals surface area contributed by atoms with E-state index in [0.717, 1.165) is 22.4 Å². The topological polar surface area (TPSA) is 35.5 Å². The molecule has 2 aromatic rings. The largest absolute Gasteiger partial charge is 0.489 e. The predicted molar refractivity (Wildman–Crippen MR) is 91.5 cm³/mol. The average Bonchev–Trinajstić information content (AvgIpc) is 2.46. The van der Waals surface area contributed by atoms with E-state index >= 15 is 0 Å². The van der Waals surface area contributed by atoms with Gasteiger partial charge in [0.15, 0.2) is 0 Å². The highest BCUT2D eigenvalue weighted by molar-refractivity contribution is 5.74. The van der Waals surface area contributed by atoms with Crippen molar-refractivity contribution in [2.45, 2.75) is 46.3 Å². The Morgan fingerprint density at radius 1 is 1.04 bits per heavy atom. The van der Waals surface area contributed by atoms with E-state index in [1.807, 2.05) is 76.2 Å². The minimum Gasteiger partial charge on any atom is -0.489 e. The van der Waals surface area contributed by atoms with Gasteiger partial charge in [0.05, 0.1) is 6.42 Å². The summed E-state index contributed by atoms with van der Waals surface area (Å²) in [5.41, 5.74) is 2.56. The minimum atomic E-state index is -0.479. The summed E-state index contributed by atoms with van der Waals surface area (Å²) >= 11 is 0. The highest BCUT2D eigenvalue weighted by atomic mass is 16.6. The van der Waals surface area contributed by atoms with Crippen molar-refractivity contribution in [3.05, 3.63) is 65.2 Å². The van der Waals surface area contributed by atoms with Gasteiger partial charge in [0, 0.05) is 5.56 Å². The summed E-state index contributed by atoms with van der Waals surface area (Å²) in [6.45, 7) is 8.09. The fraction of sp³-hybridized carbons (Fsp3) is 0.350. The zero-order chi connectivity index (χ0) is 16.9. The molecule has 0 spiro atoms. The molecule has 122 valence electrons. The molecule has 0 aromatic heterocycles. The van der Waals surface area contributed by atoms with E-state index in [2.05, 4.69) is 0 Å². The molecule has 0 aliphatic rings. The van der Waals surface area contributed by atoms with Gasteiger partial charge in [-0.2, -0.15) is 0 Å². The van der Waals surface area contributed by atoms with Crippen LogP contribution in [-0.2, 0) is 22.6 Å². The second-order valence-electron chi connectivity index (χ2n) is 6.65. The van der Waals surface area contributed by atoms with Crippen molar-refractivity contribution in [3.63, 3.8) is 0 Å². The van der Waals surface area contributed by atoms with Gasteiger partial charge in [-0.25, -0.2) is 0 Å².